The Bertz CT molecular complexity index is 1150. The third kappa shape index (κ3) is 3.58. The fourth-order valence-electron chi connectivity index (χ4n) is 4.52. The number of fused-ring (bicyclic) bond motifs is 1. The number of ether oxygens (including phenoxy) is 2. The number of methoxy groups -OCH3 is 1. The lowest BCUT2D eigenvalue weighted by atomic mass is 9.95. The largest absolute Gasteiger partial charge is 0.481 e. The van der Waals surface area contributed by atoms with Gasteiger partial charge in [-0.1, -0.05) is 0 Å². The summed E-state index contributed by atoms with van der Waals surface area (Å²) in [6.07, 6.45) is 4.42. The van der Waals surface area contributed by atoms with E-state index in [-0.39, 0.29) is 17.8 Å². The van der Waals surface area contributed by atoms with Gasteiger partial charge in [0.1, 0.15) is 11.6 Å². The third-order valence-electron chi connectivity index (χ3n) is 6.15. The van der Waals surface area contributed by atoms with Crippen LogP contribution in [0.4, 0.5) is 15.0 Å². The fourth-order valence-corrected chi connectivity index (χ4v) is 4.52. The predicted molar refractivity (Wildman–Crippen MR) is 112 cm³/mol. The lowest BCUT2D eigenvalue weighted by Crippen LogP contribution is -2.58. The zero-order valence-corrected chi connectivity index (χ0v) is 17.5. The van der Waals surface area contributed by atoms with E-state index in [2.05, 4.69) is 15.0 Å². The van der Waals surface area contributed by atoms with Crippen molar-refractivity contribution in [3.05, 3.63) is 36.5 Å². The Labute approximate surface area is 183 Å². The first-order chi connectivity index (χ1) is 15.5. The Hall–Kier alpha value is -3.47. The number of pyridine rings is 1. The molecular formula is C21H23FN6O4. The molecule has 11 heteroatoms. The zero-order valence-electron chi connectivity index (χ0n) is 17.5. The normalized spacial score (nSPS) is 21.3. The van der Waals surface area contributed by atoms with Crippen molar-refractivity contribution in [1.29, 1.82) is 0 Å². The minimum Gasteiger partial charge on any atom is -0.481 e. The van der Waals surface area contributed by atoms with Crippen molar-refractivity contribution in [3.8, 4) is 17.0 Å². The maximum atomic E-state index is 13.9. The molecule has 3 aromatic heterocycles. The quantitative estimate of drug-likeness (QED) is 0.655. The van der Waals surface area contributed by atoms with Gasteiger partial charge in [0.25, 0.3) is 0 Å². The van der Waals surface area contributed by atoms with Gasteiger partial charge in [-0.3, -0.25) is 0 Å². The van der Waals surface area contributed by atoms with Crippen molar-refractivity contribution in [3.63, 3.8) is 0 Å². The first kappa shape index (κ1) is 20.4. The van der Waals surface area contributed by atoms with Crippen LogP contribution < -0.4 is 9.64 Å². The summed E-state index contributed by atoms with van der Waals surface area (Å²) in [5, 5.41) is 14.0. The molecule has 0 aromatic carbocycles. The van der Waals surface area contributed by atoms with Crippen LogP contribution in [0.1, 0.15) is 6.42 Å². The van der Waals surface area contributed by atoms with E-state index < -0.39 is 11.9 Å². The van der Waals surface area contributed by atoms with Crippen LogP contribution in [0, 0.1) is 11.7 Å². The molecule has 1 N–H and O–H groups in total. The highest BCUT2D eigenvalue weighted by atomic mass is 19.1. The molecule has 1 amide bonds. The fraction of sp³-hybridized carbons (Fsp3) is 0.429. The van der Waals surface area contributed by atoms with Gasteiger partial charge >= 0.3 is 6.09 Å². The van der Waals surface area contributed by atoms with Gasteiger partial charge < -0.3 is 24.4 Å². The lowest BCUT2D eigenvalue weighted by Gasteiger charge is -2.42. The Kier molecular flexibility index (Phi) is 5.25. The van der Waals surface area contributed by atoms with Crippen LogP contribution in [0.5, 0.6) is 5.88 Å². The molecule has 0 bridgehead atoms. The Balaban J connectivity index is 1.49. The summed E-state index contributed by atoms with van der Waals surface area (Å²) < 4.78 is 26.3. The van der Waals surface area contributed by atoms with Gasteiger partial charge in [0.2, 0.25) is 5.88 Å². The molecule has 2 atom stereocenters. The Morgan fingerprint density at radius 1 is 1.31 bits per heavy atom. The number of halogens is 1. The van der Waals surface area contributed by atoms with Crippen molar-refractivity contribution in [1.82, 2.24) is 24.5 Å². The van der Waals surface area contributed by atoms with Gasteiger partial charge in [-0.15, -0.1) is 0 Å². The van der Waals surface area contributed by atoms with Gasteiger partial charge in [0.05, 0.1) is 43.3 Å². The van der Waals surface area contributed by atoms with Gasteiger partial charge in [0, 0.05) is 38.4 Å². The van der Waals surface area contributed by atoms with Crippen LogP contribution in [0.3, 0.4) is 0 Å². The molecule has 3 aromatic rings. The molecule has 10 nitrogen and oxygen atoms in total. The summed E-state index contributed by atoms with van der Waals surface area (Å²) in [4.78, 5) is 24.2. The van der Waals surface area contributed by atoms with Crippen molar-refractivity contribution < 1.29 is 23.8 Å². The molecule has 0 spiro atoms. The Morgan fingerprint density at radius 2 is 2.19 bits per heavy atom. The molecule has 5 heterocycles. The number of nitrogens with zero attached hydrogens (tertiary/aromatic N) is 6. The predicted octanol–water partition coefficient (Wildman–Crippen LogP) is 2.14. The summed E-state index contributed by atoms with van der Waals surface area (Å²) in [6.45, 7) is 2.65. The number of aromatic nitrogens is 4. The number of amides is 1. The summed E-state index contributed by atoms with van der Waals surface area (Å²) in [5.74, 6) is 0.662. The molecule has 0 radical (unpaired) electrons. The standard InChI is InChI=1S/C21H23FN6O4/c1-31-20-15(8-14(22)9-23-20)16-10-24-28-4-2-18(25-19(16)28)26-5-6-27(21(29)30)17(11-26)13-3-7-32-12-13/h2,4,8-10,13,17H,3,5-7,11-12H2,1H3,(H,29,30). The monoisotopic (exact) mass is 442 g/mol. The zero-order chi connectivity index (χ0) is 22.2. The van der Waals surface area contributed by atoms with E-state index in [1.54, 1.807) is 16.9 Å². The number of piperazine rings is 1. The summed E-state index contributed by atoms with van der Waals surface area (Å²) in [6, 6.07) is 3.03. The molecule has 2 fully saturated rings. The molecule has 0 saturated carbocycles. The van der Waals surface area contributed by atoms with Gasteiger partial charge in [0.15, 0.2) is 5.65 Å². The smallest absolute Gasteiger partial charge is 0.407 e. The molecule has 2 unspecified atom stereocenters. The van der Waals surface area contributed by atoms with Crippen molar-refractivity contribution >= 4 is 17.6 Å². The molecule has 0 aliphatic carbocycles. The third-order valence-corrected chi connectivity index (χ3v) is 6.15. The van der Waals surface area contributed by atoms with Crippen molar-refractivity contribution in [2.24, 2.45) is 5.92 Å². The molecule has 2 aliphatic rings. The number of carbonyl (C=O) groups is 1. The van der Waals surface area contributed by atoms with Gasteiger partial charge in [-0.25, -0.2) is 23.7 Å². The lowest BCUT2D eigenvalue weighted by molar-refractivity contribution is 0.0894. The van der Waals surface area contributed by atoms with E-state index in [0.717, 1.165) is 12.6 Å². The molecule has 2 aliphatic heterocycles. The first-order valence-electron chi connectivity index (χ1n) is 10.4. The van der Waals surface area contributed by atoms with E-state index in [9.17, 15) is 14.3 Å². The minimum absolute atomic E-state index is 0.158. The highest BCUT2D eigenvalue weighted by Crippen LogP contribution is 2.32. The van der Waals surface area contributed by atoms with Crippen LogP contribution in [-0.2, 0) is 4.74 Å². The second kappa shape index (κ2) is 8.23. The van der Waals surface area contributed by atoms with Crippen molar-refractivity contribution in [2.45, 2.75) is 12.5 Å². The number of hydrogen-bond donors (Lipinski definition) is 1. The highest BCUT2D eigenvalue weighted by Gasteiger charge is 2.38. The molecule has 2 saturated heterocycles. The summed E-state index contributed by atoms with van der Waals surface area (Å²) in [5.41, 5.74) is 1.60. The number of carboxylic acid groups (broad SMARTS) is 1. The first-order valence-corrected chi connectivity index (χ1v) is 10.4. The molecular weight excluding hydrogens is 419 g/mol. The maximum absolute atomic E-state index is 13.9. The molecule has 168 valence electrons. The molecule has 32 heavy (non-hydrogen) atoms. The maximum Gasteiger partial charge on any atom is 0.407 e. The highest BCUT2D eigenvalue weighted by molar-refractivity contribution is 5.80. The summed E-state index contributed by atoms with van der Waals surface area (Å²) >= 11 is 0. The van der Waals surface area contributed by atoms with Crippen LogP contribution in [0.2, 0.25) is 0 Å². The van der Waals surface area contributed by atoms with Crippen LogP contribution in [-0.4, -0.2) is 81.7 Å². The van der Waals surface area contributed by atoms with Crippen LogP contribution in [0.15, 0.2) is 30.7 Å². The van der Waals surface area contributed by atoms with Crippen molar-refractivity contribution in [2.75, 3.05) is 44.9 Å². The van der Waals surface area contributed by atoms with Gasteiger partial charge in [-0.2, -0.15) is 5.10 Å². The second-order valence-electron chi connectivity index (χ2n) is 7.94. The number of hydrogen-bond acceptors (Lipinski definition) is 7. The van der Waals surface area contributed by atoms with E-state index >= 15 is 0 Å². The average Bonchev–Trinajstić information content (AvgIpc) is 3.48. The van der Waals surface area contributed by atoms with Gasteiger partial charge in [-0.05, 0) is 18.6 Å². The second-order valence-corrected chi connectivity index (χ2v) is 7.94. The van der Waals surface area contributed by atoms with E-state index in [0.29, 0.717) is 55.4 Å². The van der Waals surface area contributed by atoms with E-state index in [1.807, 2.05) is 6.07 Å². The molecule has 5 rings (SSSR count). The number of anilines is 1. The van der Waals surface area contributed by atoms with Crippen LogP contribution >= 0.6 is 0 Å². The van der Waals surface area contributed by atoms with Crippen LogP contribution in [0.25, 0.3) is 16.8 Å². The SMILES string of the molecule is COc1ncc(F)cc1-c1cnn2ccc(N3CCN(C(=O)O)C(C4CCOC4)C3)nc12. The summed E-state index contributed by atoms with van der Waals surface area (Å²) in [7, 11) is 1.48. The minimum atomic E-state index is -0.909. The average molecular weight is 442 g/mol. The van der Waals surface area contributed by atoms with E-state index in [1.165, 1.54) is 18.1 Å². The number of rotatable bonds is 4. The topological polar surface area (TPSA) is 105 Å². The van der Waals surface area contributed by atoms with E-state index in [4.69, 9.17) is 14.5 Å². The Morgan fingerprint density at radius 3 is 2.94 bits per heavy atom.